The van der Waals surface area contributed by atoms with Crippen molar-refractivity contribution in [3.05, 3.63) is 17.7 Å². The molecule has 3 aliphatic rings. The first-order valence-corrected chi connectivity index (χ1v) is 9.94. The van der Waals surface area contributed by atoms with Gasteiger partial charge in [-0.15, -0.1) is 0 Å². The first-order chi connectivity index (χ1) is 12.3. The van der Waals surface area contributed by atoms with Gasteiger partial charge in [0.05, 0.1) is 18.3 Å². The summed E-state index contributed by atoms with van der Waals surface area (Å²) in [5.74, 6) is 3.09. The average Bonchev–Trinajstić information content (AvgIpc) is 3.39. The predicted octanol–water partition coefficient (Wildman–Crippen LogP) is 2.19. The van der Waals surface area contributed by atoms with Crippen molar-refractivity contribution >= 4 is 5.96 Å². The molecule has 6 heteroatoms. The first kappa shape index (κ1) is 16.9. The Morgan fingerprint density at radius 1 is 1.24 bits per heavy atom. The molecule has 0 bridgehead atoms. The van der Waals surface area contributed by atoms with Crippen molar-refractivity contribution in [3.8, 4) is 0 Å². The number of aryl methyl sites for hydroxylation is 2. The van der Waals surface area contributed by atoms with Gasteiger partial charge in [0.2, 0.25) is 0 Å². The lowest BCUT2D eigenvalue weighted by atomic mass is 10.1. The van der Waals surface area contributed by atoms with Gasteiger partial charge in [0.1, 0.15) is 5.82 Å². The van der Waals surface area contributed by atoms with Crippen molar-refractivity contribution in [3.63, 3.8) is 0 Å². The fraction of sp³-hybridized carbons (Fsp3) is 0.789. The van der Waals surface area contributed by atoms with Crippen LogP contribution in [0.3, 0.4) is 0 Å². The van der Waals surface area contributed by atoms with Crippen molar-refractivity contribution in [1.82, 2.24) is 19.8 Å². The molecule has 25 heavy (non-hydrogen) atoms. The van der Waals surface area contributed by atoms with Gasteiger partial charge >= 0.3 is 0 Å². The van der Waals surface area contributed by atoms with Crippen LogP contribution in [0, 0.1) is 5.92 Å². The molecule has 0 spiro atoms. The van der Waals surface area contributed by atoms with E-state index in [1.807, 2.05) is 7.05 Å². The summed E-state index contributed by atoms with van der Waals surface area (Å²) in [5, 5.41) is 3.50. The van der Waals surface area contributed by atoms with Crippen LogP contribution in [-0.4, -0.2) is 53.3 Å². The van der Waals surface area contributed by atoms with E-state index in [0.29, 0.717) is 6.10 Å². The number of guanidine groups is 1. The van der Waals surface area contributed by atoms with Gasteiger partial charge in [-0.2, -0.15) is 0 Å². The Balaban J connectivity index is 1.24. The lowest BCUT2D eigenvalue weighted by Gasteiger charge is -2.34. The second kappa shape index (κ2) is 7.77. The van der Waals surface area contributed by atoms with Crippen molar-refractivity contribution in [2.45, 2.75) is 64.1 Å². The molecular formula is C19H31N5O. The molecule has 6 nitrogen and oxygen atoms in total. The van der Waals surface area contributed by atoms with Crippen molar-refractivity contribution in [1.29, 1.82) is 0 Å². The van der Waals surface area contributed by atoms with E-state index in [1.54, 1.807) is 0 Å². The fourth-order valence-electron chi connectivity index (χ4n) is 3.85. The van der Waals surface area contributed by atoms with E-state index < -0.39 is 0 Å². The van der Waals surface area contributed by atoms with Gasteiger partial charge in [-0.1, -0.05) is 0 Å². The van der Waals surface area contributed by atoms with Crippen molar-refractivity contribution in [2.24, 2.45) is 10.9 Å². The smallest absolute Gasteiger partial charge is 0.193 e. The molecule has 0 atom stereocenters. The van der Waals surface area contributed by atoms with E-state index in [-0.39, 0.29) is 0 Å². The first-order valence-electron chi connectivity index (χ1n) is 9.94. The summed E-state index contributed by atoms with van der Waals surface area (Å²) in [5.41, 5.74) is 1.13. The highest BCUT2D eigenvalue weighted by Gasteiger charge is 2.26. The number of piperidine rings is 1. The molecule has 0 unspecified atom stereocenters. The standard InChI is InChI=1S/C19H31N5O/c1-20-19(21-12-16-13-24-9-3-2-4-18(24)22-16)23-10-7-17(8-11-23)25-14-15-5-6-15/h13,15,17H,2-12,14H2,1H3,(H,20,21). The van der Waals surface area contributed by atoms with Gasteiger partial charge in [0.25, 0.3) is 0 Å². The zero-order valence-electron chi connectivity index (χ0n) is 15.4. The quantitative estimate of drug-likeness (QED) is 0.656. The van der Waals surface area contributed by atoms with Gasteiger partial charge in [-0.3, -0.25) is 4.99 Å². The summed E-state index contributed by atoms with van der Waals surface area (Å²) in [6.07, 6.45) is 11.2. The van der Waals surface area contributed by atoms with E-state index in [2.05, 4.69) is 26.0 Å². The van der Waals surface area contributed by atoms with E-state index in [1.165, 1.54) is 31.5 Å². The van der Waals surface area contributed by atoms with Crippen LogP contribution in [-0.2, 0) is 24.2 Å². The molecule has 1 saturated carbocycles. The molecule has 4 rings (SSSR count). The van der Waals surface area contributed by atoms with Crippen LogP contribution >= 0.6 is 0 Å². The maximum atomic E-state index is 6.04. The van der Waals surface area contributed by atoms with Gasteiger partial charge in [0.15, 0.2) is 5.96 Å². The molecule has 1 N–H and O–H groups in total. The maximum Gasteiger partial charge on any atom is 0.193 e. The number of likely N-dealkylation sites (tertiary alicyclic amines) is 1. The number of fused-ring (bicyclic) bond motifs is 1. The Morgan fingerprint density at radius 3 is 2.80 bits per heavy atom. The third-order valence-corrected chi connectivity index (χ3v) is 5.60. The Morgan fingerprint density at radius 2 is 2.08 bits per heavy atom. The second-order valence-electron chi connectivity index (χ2n) is 7.66. The van der Waals surface area contributed by atoms with Crippen LogP contribution in [0.5, 0.6) is 0 Å². The number of aliphatic imine (C=N–C) groups is 1. The minimum atomic E-state index is 0.440. The molecule has 2 fully saturated rings. The van der Waals surface area contributed by atoms with Gasteiger partial charge in [-0.05, 0) is 44.4 Å². The number of nitrogens with one attached hydrogen (secondary N) is 1. The third kappa shape index (κ3) is 4.35. The van der Waals surface area contributed by atoms with Crippen LogP contribution in [0.2, 0.25) is 0 Å². The van der Waals surface area contributed by atoms with Crippen LogP contribution in [0.15, 0.2) is 11.2 Å². The monoisotopic (exact) mass is 345 g/mol. The largest absolute Gasteiger partial charge is 0.378 e. The summed E-state index contributed by atoms with van der Waals surface area (Å²) in [4.78, 5) is 11.6. The van der Waals surface area contributed by atoms with E-state index in [9.17, 15) is 0 Å². The van der Waals surface area contributed by atoms with Gasteiger partial charge in [-0.25, -0.2) is 4.98 Å². The van der Waals surface area contributed by atoms with Crippen LogP contribution < -0.4 is 5.32 Å². The number of hydrogen-bond donors (Lipinski definition) is 1. The summed E-state index contributed by atoms with van der Waals surface area (Å²) in [6.45, 7) is 4.89. The highest BCUT2D eigenvalue weighted by molar-refractivity contribution is 5.79. The second-order valence-corrected chi connectivity index (χ2v) is 7.66. The molecule has 1 aliphatic carbocycles. The number of hydrogen-bond acceptors (Lipinski definition) is 3. The van der Waals surface area contributed by atoms with Crippen LogP contribution in [0.25, 0.3) is 0 Å². The Kier molecular flexibility index (Phi) is 5.25. The van der Waals surface area contributed by atoms with E-state index in [0.717, 1.165) is 69.6 Å². The lowest BCUT2D eigenvalue weighted by molar-refractivity contribution is 0.0131. The molecule has 3 heterocycles. The molecule has 1 aromatic heterocycles. The summed E-state index contributed by atoms with van der Waals surface area (Å²) >= 11 is 0. The molecular weight excluding hydrogens is 314 g/mol. The van der Waals surface area contributed by atoms with Gasteiger partial charge < -0.3 is 19.5 Å². The average molecular weight is 345 g/mol. The molecule has 0 amide bonds. The molecule has 1 saturated heterocycles. The van der Waals surface area contributed by atoms with Crippen molar-refractivity contribution < 1.29 is 4.74 Å². The Labute approximate surface area is 150 Å². The predicted molar refractivity (Wildman–Crippen MR) is 98.6 cm³/mol. The van der Waals surface area contributed by atoms with Gasteiger partial charge in [0, 0.05) is 45.9 Å². The number of imidazole rings is 1. The molecule has 2 aliphatic heterocycles. The topological polar surface area (TPSA) is 54.7 Å². The normalized spacial score (nSPS) is 22.1. The SMILES string of the molecule is CN=C(NCc1cn2c(n1)CCCC2)N1CCC(OCC2CC2)CC1. The Hall–Kier alpha value is -1.56. The summed E-state index contributed by atoms with van der Waals surface area (Å²) < 4.78 is 8.36. The molecule has 0 radical (unpaired) electrons. The number of nitrogens with zero attached hydrogens (tertiary/aromatic N) is 4. The maximum absolute atomic E-state index is 6.04. The highest BCUT2D eigenvalue weighted by Crippen LogP contribution is 2.30. The highest BCUT2D eigenvalue weighted by atomic mass is 16.5. The Bertz CT molecular complexity index is 575. The van der Waals surface area contributed by atoms with E-state index >= 15 is 0 Å². The fourth-order valence-corrected chi connectivity index (χ4v) is 3.85. The molecule has 1 aromatic rings. The zero-order chi connectivity index (χ0) is 17.1. The molecule has 138 valence electrons. The zero-order valence-corrected chi connectivity index (χ0v) is 15.4. The van der Waals surface area contributed by atoms with Crippen molar-refractivity contribution in [2.75, 3.05) is 26.7 Å². The van der Waals surface area contributed by atoms with Crippen LogP contribution in [0.4, 0.5) is 0 Å². The summed E-state index contributed by atoms with van der Waals surface area (Å²) in [6, 6.07) is 0. The summed E-state index contributed by atoms with van der Waals surface area (Å²) in [7, 11) is 1.87. The number of ether oxygens (including phenoxy) is 1. The van der Waals surface area contributed by atoms with Crippen LogP contribution in [0.1, 0.15) is 50.0 Å². The minimum Gasteiger partial charge on any atom is -0.378 e. The number of rotatable bonds is 5. The minimum absolute atomic E-state index is 0.440. The third-order valence-electron chi connectivity index (χ3n) is 5.60. The van der Waals surface area contributed by atoms with E-state index in [4.69, 9.17) is 9.72 Å². The number of aromatic nitrogens is 2. The lowest BCUT2D eigenvalue weighted by Crippen LogP contribution is -2.46. The molecule has 0 aromatic carbocycles.